The summed E-state index contributed by atoms with van der Waals surface area (Å²) < 4.78 is 43.8. The Balaban J connectivity index is 1.78. The van der Waals surface area contributed by atoms with Gasteiger partial charge < -0.3 is 10.1 Å². The molecule has 146 valence electrons. The Labute approximate surface area is 159 Å². The second kappa shape index (κ2) is 8.16. The summed E-state index contributed by atoms with van der Waals surface area (Å²) in [7, 11) is 0. The molecule has 0 bridgehead atoms. The number of carbonyl (C=O) groups is 1. The third-order valence-corrected chi connectivity index (χ3v) is 4.19. The van der Waals surface area contributed by atoms with E-state index in [0.29, 0.717) is 17.9 Å². The fraction of sp³-hybridized carbons (Fsp3) is 0.200. The molecule has 0 aliphatic heterocycles. The Morgan fingerprint density at radius 2 is 1.89 bits per heavy atom. The summed E-state index contributed by atoms with van der Waals surface area (Å²) in [4.78, 5) is 12.5. The highest BCUT2D eigenvalue weighted by Crippen LogP contribution is 2.23. The minimum absolute atomic E-state index is 0.0944. The maximum absolute atomic E-state index is 13.1. The number of nitrogens with zero attached hydrogens (tertiary/aromatic N) is 2. The van der Waals surface area contributed by atoms with Crippen LogP contribution in [0.15, 0.2) is 48.5 Å². The van der Waals surface area contributed by atoms with Gasteiger partial charge in [-0.2, -0.15) is 13.9 Å². The van der Waals surface area contributed by atoms with Crippen molar-refractivity contribution in [2.75, 3.05) is 5.32 Å². The van der Waals surface area contributed by atoms with E-state index in [4.69, 9.17) is 0 Å². The lowest BCUT2D eigenvalue weighted by Gasteiger charge is -2.09. The topological polar surface area (TPSA) is 56.2 Å². The van der Waals surface area contributed by atoms with E-state index in [-0.39, 0.29) is 17.1 Å². The van der Waals surface area contributed by atoms with Gasteiger partial charge in [0.1, 0.15) is 11.6 Å². The lowest BCUT2D eigenvalue weighted by Crippen LogP contribution is -2.14. The van der Waals surface area contributed by atoms with Crippen LogP contribution in [0.5, 0.6) is 5.75 Å². The van der Waals surface area contributed by atoms with E-state index in [9.17, 15) is 18.0 Å². The molecule has 8 heteroatoms. The Kier molecular flexibility index (Phi) is 5.67. The Bertz CT molecular complexity index is 985. The average molecular weight is 389 g/mol. The maximum Gasteiger partial charge on any atom is 0.387 e. The van der Waals surface area contributed by atoms with Gasteiger partial charge in [-0.15, -0.1) is 0 Å². The molecule has 0 aliphatic carbocycles. The van der Waals surface area contributed by atoms with Crippen LogP contribution in [0, 0.1) is 19.7 Å². The van der Waals surface area contributed by atoms with E-state index in [2.05, 4.69) is 15.2 Å². The van der Waals surface area contributed by atoms with Gasteiger partial charge in [0, 0.05) is 5.56 Å². The number of alkyl halides is 2. The van der Waals surface area contributed by atoms with Crippen LogP contribution in [0.25, 0.3) is 0 Å². The number of benzene rings is 2. The van der Waals surface area contributed by atoms with Crippen molar-refractivity contribution in [3.63, 3.8) is 0 Å². The predicted molar refractivity (Wildman–Crippen MR) is 98.2 cm³/mol. The van der Waals surface area contributed by atoms with E-state index in [1.165, 1.54) is 36.4 Å². The van der Waals surface area contributed by atoms with Crippen LogP contribution in [-0.4, -0.2) is 22.3 Å². The van der Waals surface area contributed by atoms with Gasteiger partial charge in [-0.3, -0.25) is 9.48 Å². The summed E-state index contributed by atoms with van der Waals surface area (Å²) in [5.74, 6) is -0.876. The Morgan fingerprint density at radius 3 is 2.57 bits per heavy atom. The van der Waals surface area contributed by atoms with Gasteiger partial charge in [0.2, 0.25) is 0 Å². The van der Waals surface area contributed by atoms with Gasteiger partial charge in [0.25, 0.3) is 5.91 Å². The number of anilines is 1. The van der Waals surface area contributed by atoms with Gasteiger partial charge in [-0.25, -0.2) is 4.39 Å². The van der Waals surface area contributed by atoms with Crippen LogP contribution in [0.4, 0.5) is 18.9 Å². The van der Waals surface area contributed by atoms with Crippen molar-refractivity contribution in [3.05, 3.63) is 76.9 Å². The van der Waals surface area contributed by atoms with Crippen LogP contribution < -0.4 is 10.1 Å². The normalized spacial score (nSPS) is 10.9. The number of amides is 1. The van der Waals surface area contributed by atoms with E-state index in [1.807, 2.05) is 0 Å². The smallest absolute Gasteiger partial charge is 0.387 e. The number of hydrogen-bond donors (Lipinski definition) is 1. The molecule has 0 saturated carbocycles. The van der Waals surface area contributed by atoms with Gasteiger partial charge in [0.15, 0.2) is 0 Å². The minimum atomic E-state index is -2.97. The zero-order chi connectivity index (χ0) is 20.3. The molecule has 0 spiro atoms. The highest BCUT2D eigenvalue weighted by atomic mass is 19.3. The summed E-state index contributed by atoms with van der Waals surface area (Å²) in [6, 6.07) is 11.6. The fourth-order valence-electron chi connectivity index (χ4n) is 2.79. The number of halogens is 3. The third-order valence-electron chi connectivity index (χ3n) is 4.19. The molecule has 0 unspecified atom stereocenters. The van der Waals surface area contributed by atoms with Gasteiger partial charge in [-0.1, -0.05) is 18.2 Å². The lowest BCUT2D eigenvalue weighted by atomic mass is 10.2. The van der Waals surface area contributed by atoms with Crippen LogP contribution in [0.3, 0.4) is 0 Å². The highest BCUT2D eigenvalue weighted by molar-refractivity contribution is 6.05. The van der Waals surface area contributed by atoms with Crippen LogP contribution in [-0.2, 0) is 6.54 Å². The molecule has 0 fully saturated rings. The average Bonchev–Trinajstić information content (AvgIpc) is 2.90. The molecule has 0 saturated heterocycles. The Hall–Kier alpha value is -3.29. The summed E-state index contributed by atoms with van der Waals surface area (Å²) in [6.45, 7) is 1.00. The zero-order valence-corrected chi connectivity index (χ0v) is 15.2. The summed E-state index contributed by atoms with van der Waals surface area (Å²) >= 11 is 0. The van der Waals surface area contributed by atoms with Crippen molar-refractivity contribution in [1.82, 2.24) is 9.78 Å². The maximum atomic E-state index is 13.1. The van der Waals surface area contributed by atoms with E-state index in [1.54, 1.807) is 30.7 Å². The first-order valence-electron chi connectivity index (χ1n) is 8.48. The molecule has 5 nitrogen and oxygen atoms in total. The molecule has 2 aromatic carbocycles. The number of nitrogens with one attached hydrogen (secondary N) is 1. The third kappa shape index (κ3) is 4.51. The SMILES string of the molecule is Cc1nn(Cc2ccc(F)cc2)c(C)c1NC(=O)c1cccc(OC(F)F)c1. The molecule has 3 rings (SSSR count). The lowest BCUT2D eigenvalue weighted by molar-refractivity contribution is -0.0498. The summed E-state index contributed by atoms with van der Waals surface area (Å²) in [5, 5.41) is 7.18. The van der Waals surface area contributed by atoms with Crippen molar-refractivity contribution in [2.24, 2.45) is 0 Å². The van der Waals surface area contributed by atoms with Crippen molar-refractivity contribution < 1.29 is 22.7 Å². The quantitative estimate of drug-likeness (QED) is 0.673. The van der Waals surface area contributed by atoms with Crippen molar-refractivity contribution >= 4 is 11.6 Å². The number of carbonyl (C=O) groups excluding carboxylic acids is 1. The standard InChI is InChI=1S/C20H18F3N3O2/c1-12-18(13(2)26(25-12)11-14-6-8-16(21)9-7-14)24-19(27)15-4-3-5-17(10-15)28-20(22)23/h3-10,20H,11H2,1-2H3,(H,24,27). The van der Waals surface area contributed by atoms with Gasteiger partial charge in [0.05, 0.1) is 23.6 Å². The molecule has 1 amide bonds. The highest BCUT2D eigenvalue weighted by Gasteiger charge is 2.16. The zero-order valence-electron chi connectivity index (χ0n) is 15.2. The molecule has 3 aromatic rings. The van der Waals surface area contributed by atoms with Crippen LogP contribution in [0.1, 0.15) is 27.3 Å². The first-order valence-corrected chi connectivity index (χ1v) is 8.48. The van der Waals surface area contributed by atoms with Crippen molar-refractivity contribution in [3.8, 4) is 5.75 Å². The first-order chi connectivity index (χ1) is 13.3. The molecule has 28 heavy (non-hydrogen) atoms. The van der Waals surface area contributed by atoms with E-state index < -0.39 is 12.5 Å². The molecular formula is C20H18F3N3O2. The second-order valence-corrected chi connectivity index (χ2v) is 6.19. The molecule has 0 radical (unpaired) electrons. The fourth-order valence-corrected chi connectivity index (χ4v) is 2.79. The first kappa shape index (κ1) is 19.5. The second-order valence-electron chi connectivity index (χ2n) is 6.19. The molecule has 1 aromatic heterocycles. The molecule has 1 heterocycles. The van der Waals surface area contributed by atoms with E-state index >= 15 is 0 Å². The van der Waals surface area contributed by atoms with Crippen molar-refractivity contribution in [2.45, 2.75) is 27.0 Å². The molecule has 1 N–H and O–H groups in total. The number of aromatic nitrogens is 2. The van der Waals surface area contributed by atoms with E-state index in [0.717, 1.165) is 11.3 Å². The predicted octanol–water partition coefficient (Wildman–Crippen LogP) is 4.54. The largest absolute Gasteiger partial charge is 0.435 e. The summed E-state index contributed by atoms with van der Waals surface area (Å²) in [5.41, 5.74) is 2.90. The molecular weight excluding hydrogens is 371 g/mol. The van der Waals surface area contributed by atoms with Gasteiger partial charge >= 0.3 is 6.61 Å². The van der Waals surface area contributed by atoms with Gasteiger partial charge in [-0.05, 0) is 49.7 Å². The van der Waals surface area contributed by atoms with Crippen molar-refractivity contribution in [1.29, 1.82) is 0 Å². The van der Waals surface area contributed by atoms with Crippen LogP contribution in [0.2, 0.25) is 0 Å². The molecule has 0 atom stereocenters. The number of ether oxygens (including phenoxy) is 1. The Morgan fingerprint density at radius 1 is 1.18 bits per heavy atom. The number of hydrogen-bond acceptors (Lipinski definition) is 3. The van der Waals surface area contributed by atoms with Crippen LogP contribution >= 0.6 is 0 Å². The summed E-state index contributed by atoms with van der Waals surface area (Å²) in [6.07, 6.45) is 0. The monoisotopic (exact) mass is 389 g/mol. The minimum Gasteiger partial charge on any atom is -0.435 e. The number of rotatable bonds is 6. The number of aryl methyl sites for hydroxylation is 1. The molecule has 0 aliphatic rings.